The van der Waals surface area contributed by atoms with Crippen molar-refractivity contribution in [2.45, 2.75) is 13.0 Å². The Hall–Kier alpha value is -1.14. The van der Waals surface area contributed by atoms with Gasteiger partial charge in [-0.15, -0.1) is 0 Å². The van der Waals surface area contributed by atoms with Gasteiger partial charge in [0.1, 0.15) is 18.5 Å². The first-order valence-corrected chi connectivity index (χ1v) is 7.60. The maximum atomic E-state index is 10.1. The molecular weight excluding hydrogens is 268 g/mol. The quantitative estimate of drug-likeness (QED) is 0.760. The highest BCUT2D eigenvalue weighted by atomic mass is 16.5. The Balaban J connectivity index is 1.65. The number of β-amino-alcohol motifs (C(OH)–C–C–N with tert-alkyl or cyclic N) is 2. The Morgan fingerprint density at radius 2 is 1.71 bits per heavy atom. The summed E-state index contributed by atoms with van der Waals surface area (Å²) in [4.78, 5) is 4.49. The number of nitrogens with zero attached hydrogens (tertiary/aromatic N) is 2. The summed E-state index contributed by atoms with van der Waals surface area (Å²) in [6.07, 6.45) is -0.476. The van der Waals surface area contributed by atoms with Crippen LogP contribution < -0.4 is 4.74 Å². The molecule has 2 rings (SSSR count). The van der Waals surface area contributed by atoms with Crippen molar-refractivity contribution >= 4 is 0 Å². The van der Waals surface area contributed by atoms with Gasteiger partial charge < -0.3 is 14.9 Å². The molecule has 5 nitrogen and oxygen atoms in total. The van der Waals surface area contributed by atoms with E-state index in [1.165, 1.54) is 5.56 Å². The molecule has 0 spiro atoms. The van der Waals surface area contributed by atoms with Crippen LogP contribution in [-0.4, -0.2) is 78.6 Å². The van der Waals surface area contributed by atoms with Crippen LogP contribution in [0.1, 0.15) is 5.56 Å². The summed E-state index contributed by atoms with van der Waals surface area (Å²) in [5, 5.41) is 19.0. The fraction of sp³-hybridized carbons (Fsp3) is 0.625. The van der Waals surface area contributed by atoms with Gasteiger partial charge in [-0.25, -0.2) is 0 Å². The zero-order chi connectivity index (χ0) is 15.1. The number of hydrogen-bond acceptors (Lipinski definition) is 5. The third kappa shape index (κ3) is 5.63. The van der Waals surface area contributed by atoms with Gasteiger partial charge in [-0.3, -0.25) is 9.80 Å². The third-order valence-corrected chi connectivity index (χ3v) is 3.81. The minimum atomic E-state index is -0.476. The Labute approximate surface area is 126 Å². The van der Waals surface area contributed by atoms with Crippen molar-refractivity contribution in [3.63, 3.8) is 0 Å². The molecule has 1 unspecified atom stereocenters. The molecule has 1 atom stereocenters. The number of benzene rings is 1. The summed E-state index contributed by atoms with van der Waals surface area (Å²) in [7, 11) is 0. The normalized spacial score (nSPS) is 18.6. The Kier molecular flexibility index (Phi) is 6.45. The Morgan fingerprint density at radius 3 is 2.33 bits per heavy atom. The zero-order valence-electron chi connectivity index (χ0n) is 12.7. The summed E-state index contributed by atoms with van der Waals surface area (Å²) in [6, 6.07) is 7.86. The Bertz CT molecular complexity index is 402. The molecule has 1 aliphatic rings. The van der Waals surface area contributed by atoms with Crippen molar-refractivity contribution in [3.05, 3.63) is 29.8 Å². The second-order valence-electron chi connectivity index (χ2n) is 5.64. The summed E-state index contributed by atoms with van der Waals surface area (Å²) >= 11 is 0. The molecule has 1 aromatic carbocycles. The van der Waals surface area contributed by atoms with Crippen molar-refractivity contribution in [2.24, 2.45) is 0 Å². The molecule has 5 heteroatoms. The van der Waals surface area contributed by atoms with Crippen LogP contribution in [0.3, 0.4) is 0 Å². The topological polar surface area (TPSA) is 56.2 Å². The van der Waals surface area contributed by atoms with Crippen LogP contribution >= 0.6 is 0 Å². The van der Waals surface area contributed by atoms with Crippen LogP contribution in [0.5, 0.6) is 5.75 Å². The lowest BCUT2D eigenvalue weighted by Gasteiger charge is -2.35. The molecule has 0 amide bonds. The molecule has 0 radical (unpaired) electrons. The van der Waals surface area contributed by atoms with E-state index in [9.17, 15) is 5.11 Å². The summed E-state index contributed by atoms with van der Waals surface area (Å²) < 4.78 is 5.60. The van der Waals surface area contributed by atoms with Crippen molar-refractivity contribution in [2.75, 3.05) is 52.5 Å². The molecule has 1 heterocycles. The highest BCUT2D eigenvalue weighted by Gasteiger charge is 2.18. The van der Waals surface area contributed by atoms with Gasteiger partial charge in [-0.2, -0.15) is 0 Å². The number of piperazine rings is 1. The Morgan fingerprint density at radius 1 is 1.10 bits per heavy atom. The molecular formula is C16H26N2O3. The van der Waals surface area contributed by atoms with Crippen LogP contribution in [0.2, 0.25) is 0 Å². The van der Waals surface area contributed by atoms with E-state index in [1.807, 2.05) is 31.2 Å². The zero-order valence-corrected chi connectivity index (χ0v) is 12.7. The van der Waals surface area contributed by atoms with E-state index in [1.54, 1.807) is 0 Å². The summed E-state index contributed by atoms with van der Waals surface area (Å²) in [5.41, 5.74) is 1.20. The van der Waals surface area contributed by atoms with Gasteiger partial charge in [-0.1, -0.05) is 17.7 Å². The van der Waals surface area contributed by atoms with Crippen molar-refractivity contribution in [1.82, 2.24) is 9.80 Å². The molecule has 21 heavy (non-hydrogen) atoms. The molecule has 0 bridgehead atoms. The number of hydrogen-bond donors (Lipinski definition) is 2. The van der Waals surface area contributed by atoms with Crippen molar-refractivity contribution in [1.29, 1.82) is 0 Å². The summed E-state index contributed by atoms with van der Waals surface area (Å²) in [5.74, 6) is 0.799. The van der Waals surface area contributed by atoms with Gasteiger partial charge in [0, 0.05) is 39.3 Å². The predicted octanol–water partition coefficient (Wildman–Crippen LogP) is 0.345. The SMILES string of the molecule is Cc1ccc(OCC(O)CN2CCN(CCO)CC2)cc1. The lowest BCUT2D eigenvalue weighted by atomic mass is 10.2. The standard InChI is InChI=1S/C16H26N2O3/c1-14-2-4-16(5-3-14)21-13-15(20)12-18-8-6-17(7-9-18)10-11-19/h2-5,15,19-20H,6-13H2,1H3. The van der Waals surface area contributed by atoms with E-state index in [4.69, 9.17) is 9.84 Å². The average Bonchev–Trinajstić information content (AvgIpc) is 2.49. The first-order valence-electron chi connectivity index (χ1n) is 7.60. The highest BCUT2D eigenvalue weighted by molar-refractivity contribution is 5.26. The number of aryl methyl sites for hydroxylation is 1. The lowest BCUT2D eigenvalue weighted by molar-refractivity contribution is 0.0428. The predicted molar refractivity (Wildman–Crippen MR) is 82.6 cm³/mol. The maximum Gasteiger partial charge on any atom is 0.119 e. The van der Waals surface area contributed by atoms with E-state index in [0.717, 1.165) is 38.5 Å². The van der Waals surface area contributed by atoms with Crippen LogP contribution in [0.15, 0.2) is 24.3 Å². The molecule has 118 valence electrons. The maximum absolute atomic E-state index is 10.1. The fourth-order valence-electron chi connectivity index (χ4n) is 2.51. The number of ether oxygens (including phenoxy) is 1. The second-order valence-corrected chi connectivity index (χ2v) is 5.64. The summed E-state index contributed by atoms with van der Waals surface area (Å²) in [6.45, 7) is 7.72. The van der Waals surface area contributed by atoms with Gasteiger partial charge in [0.25, 0.3) is 0 Å². The van der Waals surface area contributed by atoms with E-state index < -0.39 is 6.10 Å². The van der Waals surface area contributed by atoms with E-state index in [-0.39, 0.29) is 6.61 Å². The molecule has 0 aromatic heterocycles. The van der Waals surface area contributed by atoms with Gasteiger partial charge >= 0.3 is 0 Å². The number of rotatable bonds is 7. The average molecular weight is 294 g/mol. The van der Waals surface area contributed by atoms with Crippen molar-refractivity contribution < 1.29 is 14.9 Å². The molecule has 0 saturated carbocycles. The van der Waals surface area contributed by atoms with E-state index in [0.29, 0.717) is 13.2 Å². The lowest BCUT2D eigenvalue weighted by Crippen LogP contribution is -2.49. The largest absolute Gasteiger partial charge is 0.491 e. The van der Waals surface area contributed by atoms with Gasteiger partial charge in [0.05, 0.1) is 6.61 Å². The smallest absolute Gasteiger partial charge is 0.119 e. The molecule has 2 N–H and O–H groups in total. The minimum Gasteiger partial charge on any atom is -0.491 e. The molecule has 1 aliphatic heterocycles. The van der Waals surface area contributed by atoms with Crippen LogP contribution in [0.25, 0.3) is 0 Å². The monoisotopic (exact) mass is 294 g/mol. The van der Waals surface area contributed by atoms with E-state index in [2.05, 4.69) is 9.80 Å². The number of aliphatic hydroxyl groups is 2. The molecule has 0 aliphatic carbocycles. The first kappa shape index (κ1) is 16.2. The van der Waals surface area contributed by atoms with Crippen molar-refractivity contribution in [3.8, 4) is 5.75 Å². The van der Waals surface area contributed by atoms with Gasteiger partial charge in [0.15, 0.2) is 0 Å². The van der Waals surface area contributed by atoms with Crippen LogP contribution in [-0.2, 0) is 0 Å². The minimum absolute atomic E-state index is 0.215. The highest BCUT2D eigenvalue weighted by Crippen LogP contribution is 2.12. The van der Waals surface area contributed by atoms with Gasteiger partial charge in [0.2, 0.25) is 0 Å². The van der Waals surface area contributed by atoms with E-state index >= 15 is 0 Å². The molecule has 1 aromatic rings. The second kappa shape index (κ2) is 8.34. The molecule has 1 saturated heterocycles. The molecule has 1 fully saturated rings. The third-order valence-electron chi connectivity index (χ3n) is 3.81. The van der Waals surface area contributed by atoms with Gasteiger partial charge in [-0.05, 0) is 19.1 Å². The first-order chi connectivity index (χ1) is 10.2. The number of aliphatic hydroxyl groups excluding tert-OH is 2. The fourth-order valence-corrected chi connectivity index (χ4v) is 2.51. The van der Waals surface area contributed by atoms with Crippen LogP contribution in [0, 0.1) is 6.92 Å². The van der Waals surface area contributed by atoms with Crippen LogP contribution in [0.4, 0.5) is 0 Å².